The van der Waals surface area contributed by atoms with Crippen LogP contribution in [0.15, 0.2) is 48.4 Å². The van der Waals surface area contributed by atoms with Crippen LogP contribution in [0.25, 0.3) is 0 Å². The van der Waals surface area contributed by atoms with Gasteiger partial charge in [0.15, 0.2) is 0 Å². The number of hydrogen-bond donors (Lipinski definition) is 1. The number of amides is 1. The number of piperazine rings is 1. The van der Waals surface area contributed by atoms with Crippen molar-refractivity contribution in [1.29, 1.82) is 0 Å². The Morgan fingerprint density at radius 3 is 2.62 bits per heavy atom. The van der Waals surface area contributed by atoms with Crippen molar-refractivity contribution >= 4 is 17.5 Å². The number of carbonyl (C=O) groups excluding carboxylic acids is 1. The lowest BCUT2D eigenvalue weighted by molar-refractivity contribution is 0.0740. The number of aromatic nitrogens is 3. The van der Waals surface area contributed by atoms with Crippen molar-refractivity contribution in [1.82, 2.24) is 19.9 Å². The van der Waals surface area contributed by atoms with E-state index in [9.17, 15) is 4.79 Å². The zero-order valence-electron chi connectivity index (χ0n) is 16.8. The van der Waals surface area contributed by atoms with E-state index in [4.69, 9.17) is 0 Å². The monoisotopic (exact) mass is 392 g/mol. The summed E-state index contributed by atoms with van der Waals surface area (Å²) in [5.41, 5.74) is 3.00. The zero-order valence-corrected chi connectivity index (χ0v) is 16.8. The second kappa shape index (κ2) is 9.49. The van der Waals surface area contributed by atoms with Crippen LogP contribution in [0, 0.1) is 0 Å². The molecule has 2 aromatic rings. The van der Waals surface area contributed by atoms with E-state index in [1.54, 1.807) is 24.2 Å². The van der Waals surface area contributed by atoms with Gasteiger partial charge in [-0.25, -0.2) is 9.97 Å². The predicted octanol–water partition coefficient (Wildman–Crippen LogP) is 3.14. The number of pyridine rings is 1. The average molecular weight is 393 g/mol. The summed E-state index contributed by atoms with van der Waals surface area (Å²) in [4.78, 5) is 29.7. The van der Waals surface area contributed by atoms with Gasteiger partial charge in [-0.15, -0.1) is 0 Å². The molecule has 0 saturated carbocycles. The Morgan fingerprint density at radius 1 is 1.03 bits per heavy atom. The lowest BCUT2D eigenvalue weighted by Gasteiger charge is -2.34. The Labute approximate surface area is 171 Å². The van der Waals surface area contributed by atoms with Gasteiger partial charge in [-0.3, -0.25) is 9.78 Å². The van der Waals surface area contributed by atoms with E-state index in [2.05, 4.69) is 31.2 Å². The first-order valence-corrected chi connectivity index (χ1v) is 10.5. The first-order chi connectivity index (χ1) is 14.3. The zero-order chi connectivity index (χ0) is 19.9. The molecule has 1 aliphatic carbocycles. The third kappa shape index (κ3) is 5.10. The third-order valence-corrected chi connectivity index (χ3v) is 5.54. The molecule has 0 unspecified atom stereocenters. The fourth-order valence-electron chi connectivity index (χ4n) is 3.88. The van der Waals surface area contributed by atoms with E-state index in [1.165, 1.54) is 25.7 Å². The number of rotatable bonds is 6. The molecule has 152 valence electrons. The smallest absolute Gasteiger partial charge is 0.272 e. The predicted molar refractivity (Wildman–Crippen MR) is 114 cm³/mol. The van der Waals surface area contributed by atoms with Gasteiger partial charge in [0.25, 0.3) is 5.91 Å². The summed E-state index contributed by atoms with van der Waals surface area (Å²) >= 11 is 0. The second-order valence-electron chi connectivity index (χ2n) is 7.54. The number of allylic oxidation sites excluding steroid dienone is 1. The number of hydrogen-bond acceptors (Lipinski definition) is 6. The molecule has 0 atom stereocenters. The van der Waals surface area contributed by atoms with Crippen molar-refractivity contribution in [3.8, 4) is 0 Å². The molecule has 0 spiro atoms. The van der Waals surface area contributed by atoms with Crippen molar-refractivity contribution in [3.05, 3.63) is 54.1 Å². The summed E-state index contributed by atoms with van der Waals surface area (Å²) < 4.78 is 0. The molecule has 29 heavy (non-hydrogen) atoms. The number of nitrogens with one attached hydrogen (secondary N) is 1. The van der Waals surface area contributed by atoms with Crippen LogP contribution in [0.4, 0.5) is 11.6 Å². The average Bonchev–Trinajstić information content (AvgIpc) is 2.80. The number of carbonyl (C=O) groups is 1. The van der Waals surface area contributed by atoms with Crippen LogP contribution in [0.3, 0.4) is 0 Å². The van der Waals surface area contributed by atoms with Crippen LogP contribution < -0.4 is 10.2 Å². The minimum atomic E-state index is -0.0164. The Kier molecular flexibility index (Phi) is 6.34. The first-order valence-electron chi connectivity index (χ1n) is 10.5. The number of anilines is 2. The van der Waals surface area contributed by atoms with Crippen molar-refractivity contribution in [2.45, 2.75) is 32.1 Å². The van der Waals surface area contributed by atoms with Crippen molar-refractivity contribution < 1.29 is 4.79 Å². The van der Waals surface area contributed by atoms with E-state index < -0.39 is 0 Å². The normalized spacial score (nSPS) is 17.0. The Morgan fingerprint density at radius 2 is 1.86 bits per heavy atom. The van der Waals surface area contributed by atoms with Gasteiger partial charge in [-0.2, -0.15) is 0 Å². The molecular formula is C22H28N6O. The first kappa shape index (κ1) is 19.4. The Bertz CT molecular complexity index is 845. The topological polar surface area (TPSA) is 74.2 Å². The maximum absolute atomic E-state index is 12.9. The summed E-state index contributed by atoms with van der Waals surface area (Å²) in [7, 11) is 0. The van der Waals surface area contributed by atoms with E-state index in [1.807, 2.05) is 23.1 Å². The molecule has 4 rings (SSSR count). The van der Waals surface area contributed by atoms with Crippen LogP contribution in [-0.4, -0.2) is 58.5 Å². The molecule has 2 aliphatic rings. The van der Waals surface area contributed by atoms with E-state index in [-0.39, 0.29) is 5.91 Å². The minimum Gasteiger partial charge on any atom is -0.385 e. The SMILES string of the molecule is O=C(c1cc(NCCC2=CCCCC2)ccn1)N1CCN(c2ncccn2)CC1. The number of nitrogens with zero attached hydrogens (tertiary/aromatic N) is 5. The van der Waals surface area contributed by atoms with Crippen LogP contribution >= 0.6 is 0 Å². The van der Waals surface area contributed by atoms with Gasteiger partial charge in [0, 0.05) is 57.0 Å². The van der Waals surface area contributed by atoms with Gasteiger partial charge in [0.1, 0.15) is 5.69 Å². The second-order valence-corrected chi connectivity index (χ2v) is 7.54. The molecule has 7 nitrogen and oxygen atoms in total. The van der Waals surface area contributed by atoms with Gasteiger partial charge in [-0.1, -0.05) is 11.6 Å². The molecule has 1 fully saturated rings. The van der Waals surface area contributed by atoms with Crippen molar-refractivity contribution in [3.63, 3.8) is 0 Å². The lowest BCUT2D eigenvalue weighted by Crippen LogP contribution is -2.49. The molecule has 0 radical (unpaired) electrons. The molecule has 1 amide bonds. The van der Waals surface area contributed by atoms with Crippen LogP contribution in [-0.2, 0) is 0 Å². The molecule has 7 heteroatoms. The summed E-state index contributed by atoms with van der Waals surface area (Å²) in [6.45, 7) is 3.62. The van der Waals surface area contributed by atoms with E-state index in [0.29, 0.717) is 18.8 Å². The van der Waals surface area contributed by atoms with Gasteiger partial charge in [0.2, 0.25) is 5.95 Å². The lowest BCUT2D eigenvalue weighted by atomic mass is 9.97. The minimum absolute atomic E-state index is 0.0164. The summed E-state index contributed by atoms with van der Waals surface area (Å²) in [5, 5.41) is 3.44. The summed E-state index contributed by atoms with van der Waals surface area (Å²) in [5.74, 6) is 0.703. The summed E-state index contributed by atoms with van der Waals surface area (Å²) in [6, 6.07) is 5.60. The van der Waals surface area contributed by atoms with Gasteiger partial charge >= 0.3 is 0 Å². The van der Waals surface area contributed by atoms with E-state index in [0.717, 1.165) is 37.7 Å². The maximum atomic E-state index is 12.9. The molecular weight excluding hydrogens is 364 g/mol. The van der Waals surface area contributed by atoms with Crippen LogP contribution in [0.1, 0.15) is 42.6 Å². The Hall–Kier alpha value is -2.96. The van der Waals surface area contributed by atoms with Gasteiger partial charge < -0.3 is 15.1 Å². The molecule has 0 aromatic carbocycles. The molecule has 1 saturated heterocycles. The summed E-state index contributed by atoms with van der Waals surface area (Å²) in [6.07, 6.45) is 13.7. The van der Waals surface area contributed by atoms with Crippen LogP contribution in [0.5, 0.6) is 0 Å². The molecule has 1 aliphatic heterocycles. The molecule has 0 bridgehead atoms. The highest BCUT2D eigenvalue weighted by Gasteiger charge is 2.24. The van der Waals surface area contributed by atoms with Gasteiger partial charge in [-0.05, 0) is 50.3 Å². The fourth-order valence-corrected chi connectivity index (χ4v) is 3.88. The quantitative estimate of drug-likeness (QED) is 0.762. The molecule has 3 heterocycles. The van der Waals surface area contributed by atoms with Crippen LogP contribution in [0.2, 0.25) is 0 Å². The maximum Gasteiger partial charge on any atom is 0.272 e. The highest BCUT2D eigenvalue weighted by molar-refractivity contribution is 5.93. The van der Waals surface area contributed by atoms with E-state index >= 15 is 0 Å². The molecule has 1 N–H and O–H groups in total. The highest BCUT2D eigenvalue weighted by atomic mass is 16.2. The highest BCUT2D eigenvalue weighted by Crippen LogP contribution is 2.20. The van der Waals surface area contributed by atoms with Crippen molar-refractivity contribution in [2.24, 2.45) is 0 Å². The van der Waals surface area contributed by atoms with Gasteiger partial charge in [0.05, 0.1) is 0 Å². The van der Waals surface area contributed by atoms with Crippen molar-refractivity contribution in [2.75, 3.05) is 42.9 Å². The fraction of sp³-hybridized carbons (Fsp3) is 0.455. The largest absolute Gasteiger partial charge is 0.385 e. The Balaban J connectivity index is 1.30. The standard InChI is InChI=1S/C22H28N6O/c29-21(27-13-15-28(16-14-27)22-25-9-4-10-26-22)20-17-19(8-12-24-20)23-11-7-18-5-2-1-3-6-18/h4-5,8-10,12,17H,1-3,6-7,11,13-16H2,(H,23,24). The molecule has 2 aromatic heterocycles. The third-order valence-electron chi connectivity index (χ3n) is 5.54.